The van der Waals surface area contributed by atoms with Gasteiger partial charge in [-0.3, -0.25) is 4.79 Å². The van der Waals surface area contributed by atoms with Crippen LogP contribution in [0.1, 0.15) is 23.2 Å². The lowest BCUT2D eigenvalue weighted by Crippen LogP contribution is -2.25. The largest absolute Gasteiger partial charge is 0.381 e. The summed E-state index contributed by atoms with van der Waals surface area (Å²) in [5.74, 6) is 0.285. The monoisotopic (exact) mass is 274 g/mol. The Kier molecular flexibility index (Phi) is 3.36. The average molecular weight is 275 g/mol. The number of ketones is 1. The van der Waals surface area contributed by atoms with Crippen LogP contribution in [0, 0.1) is 5.92 Å². The molecule has 0 aliphatic carbocycles. The van der Waals surface area contributed by atoms with Crippen LogP contribution in [-0.2, 0) is 4.74 Å². The highest BCUT2D eigenvalue weighted by Gasteiger charge is 2.24. The molecule has 2 nitrogen and oxygen atoms in total. The average Bonchev–Trinajstić information content (AvgIpc) is 2.65. The van der Waals surface area contributed by atoms with Crippen LogP contribution < -0.4 is 0 Å². The third kappa shape index (κ3) is 2.07. The molecule has 0 saturated carbocycles. The van der Waals surface area contributed by atoms with Gasteiger partial charge in [-0.25, -0.2) is 0 Å². The maximum atomic E-state index is 12.0. The van der Waals surface area contributed by atoms with Crippen molar-refractivity contribution in [3.8, 4) is 0 Å². The first kappa shape index (κ1) is 10.3. The lowest BCUT2D eigenvalue weighted by Gasteiger charge is -2.20. The van der Waals surface area contributed by atoms with Crippen LogP contribution in [0.5, 0.6) is 0 Å². The van der Waals surface area contributed by atoms with Gasteiger partial charge < -0.3 is 4.74 Å². The van der Waals surface area contributed by atoms with Gasteiger partial charge >= 0.3 is 0 Å². The second-order valence-electron chi connectivity index (χ2n) is 3.41. The van der Waals surface area contributed by atoms with E-state index < -0.39 is 0 Å². The predicted molar refractivity (Wildman–Crippen MR) is 59.9 cm³/mol. The van der Waals surface area contributed by atoms with E-state index in [2.05, 4.69) is 15.9 Å². The Morgan fingerprint density at radius 3 is 3.00 bits per heavy atom. The Labute approximate surface area is 95.4 Å². The molecular weight excluding hydrogens is 264 g/mol. The lowest BCUT2D eigenvalue weighted by molar-refractivity contribution is 0.0461. The Hall–Kier alpha value is -0.190. The second kappa shape index (κ2) is 4.55. The topological polar surface area (TPSA) is 26.3 Å². The van der Waals surface area contributed by atoms with Crippen molar-refractivity contribution in [1.82, 2.24) is 0 Å². The second-order valence-corrected chi connectivity index (χ2v) is 5.01. The van der Waals surface area contributed by atoms with E-state index in [9.17, 15) is 4.79 Å². The number of hydrogen-bond acceptors (Lipinski definition) is 3. The molecule has 0 aromatic carbocycles. The summed E-state index contributed by atoms with van der Waals surface area (Å²) < 4.78 is 6.22. The quantitative estimate of drug-likeness (QED) is 0.775. The molecule has 1 aromatic heterocycles. The SMILES string of the molecule is O=C(c1cscc1Br)C1CCCOC1. The molecule has 1 saturated heterocycles. The van der Waals surface area contributed by atoms with E-state index in [1.165, 1.54) is 0 Å². The maximum Gasteiger partial charge on any atom is 0.170 e. The summed E-state index contributed by atoms with van der Waals surface area (Å²) in [6, 6.07) is 0. The highest BCUT2D eigenvalue weighted by atomic mass is 79.9. The first-order chi connectivity index (χ1) is 6.79. The molecule has 2 rings (SSSR count). The summed E-state index contributed by atoms with van der Waals surface area (Å²) in [6.07, 6.45) is 1.96. The van der Waals surface area contributed by atoms with E-state index >= 15 is 0 Å². The fourth-order valence-electron chi connectivity index (χ4n) is 1.62. The van der Waals surface area contributed by atoms with Crippen LogP contribution in [-0.4, -0.2) is 19.0 Å². The first-order valence-corrected chi connectivity index (χ1v) is 6.36. The number of ether oxygens (including phenoxy) is 1. The lowest BCUT2D eigenvalue weighted by atomic mass is 9.94. The van der Waals surface area contributed by atoms with Crippen LogP contribution >= 0.6 is 27.3 Å². The molecular formula is C10H11BrO2S. The van der Waals surface area contributed by atoms with Crippen molar-refractivity contribution in [3.05, 3.63) is 20.8 Å². The fraction of sp³-hybridized carbons (Fsp3) is 0.500. The number of carbonyl (C=O) groups is 1. The van der Waals surface area contributed by atoms with Gasteiger partial charge in [0.2, 0.25) is 0 Å². The van der Waals surface area contributed by atoms with Gasteiger partial charge in [-0.1, -0.05) is 0 Å². The van der Waals surface area contributed by atoms with Crippen LogP contribution in [0.15, 0.2) is 15.2 Å². The zero-order chi connectivity index (χ0) is 9.97. The standard InChI is InChI=1S/C10H11BrO2S/c11-9-6-14-5-8(9)10(12)7-2-1-3-13-4-7/h5-7H,1-4H2. The van der Waals surface area contributed by atoms with Gasteiger partial charge in [0, 0.05) is 33.3 Å². The number of carbonyl (C=O) groups excluding carboxylic acids is 1. The minimum Gasteiger partial charge on any atom is -0.381 e. The molecule has 4 heteroatoms. The molecule has 0 bridgehead atoms. The number of hydrogen-bond donors (Lipinski definition) is 0. The minimum atomic E-state index is 0.0645. The van der Waals surface area contributed by atoms with E-state index in [1.54, 1.807) is 11.3 Å². The van der Waals surface area contributed by atoms with Crippen molar-refractivity contribution in [1.29, 1.82) is 0 Å². The van der Waals surface area contributed by atoms with Gasteiger partial charge in [-0.2, -0.15) is 11.3 Å². The molecule has 0 spiro atoms. The number of thiophene rings is 1. The van der Waals surface area contributed by atoms with Gasteiger partial charge in [-0.15, -0.1) is 0 Å². The van der Waals surface area contributed by atoms with E-state index in [0.29, 0.717) is 6.61 Å². The fourth-order valence-corrected chi connectivity index (χ4v) is 3.10. The third-order valence-electron chi connectivity index (χ3n) is 2.41. The Morgan fingerprint density at radius 2 is 2.43 bits per heavy atom. The number of Topliss-reactive ketones (excluding diaryl/α,β-unsaturated/α-hetero) is 1. The zero-order valence-corrected chi connectivity index (χ0v) is 10.1. The molecule has 76 valence electrons. The maximum absolute atomic E-state index is 12.0. The molecule has 14 heavy (non-hydrogen) atoms. The number of rotatable bonds is 2. The van der Waals surface area contributed by atoms with Crippen molar-refractivity contribution in [2.75, 3.05) is 13.2 Å². The van der Waals surface area contributed by atoms with E-state index in [4.69, 9.17) is 4.74 Å². The summed E-state index contributed by atoms with van der Waals surface area (Å²) in [5.41, 5.74) is 0.811. The van der Waals surface area contributed by atoms with Crippen LogP contribution in [0.25, 0.3) is 0 Å². The highest BCUT2D eigenvalue weighted by molar-refractivity contribution is 9.10. The van der Waals surface area contributed by atoms with Gasteiger partial charge in [0.15, 0.2) is 5.78 Å². The Bertz CT molecular complexity index is 329. The Morgan fingerprint density at radius 1 is 1.57 bits per heavy atom. The molecule has 0 radical (unpaired) electrons. The molecule has 1 atom stereocenters. The summed E-state index contributed by atoms with van der Waals surface area (Å²) in [7, 11) is 0. The molecule has 0 amide bonds. The number of halogens is 1. The Balaban J connectivity index is 2.11. The van der Waals surface area contributed by atoms with Gasteiger partial charge in [-0.05, 0) is 28.8 Å². The molecule has 1 aromatic rings. The van der Waals surface area contributed by atoms with Crippen LogP contribution in [0.4, 0.5) is 0 Å². The molecule has 0 N–H and O–H groups in total. The molecule has 1 unspecified atom stereocenters. The molecule has 1 aliphatic heterocycles. The summed E-state index contributed by atoms with van der Waals surface area (Å²) in [6.45, 7) is 1.38. The van der Waals surface area contributed by atoms with Crippen LogP contribution in [0.3, 0.4) is 0 Å². The van der Waals surface area contributed by atoms with Gasteiger partial charge in [0.1, 0.15) is 0 Å². The zero-order valence-electron chi connectivity index (χ0n) is 7.66. The summed E-state index contributed by atoms with van der Waals surface area (Å²) >= 11 is 4.93. The van der Waals surface area contributed by atoms with Crippen molar-refractivity contribution in [2.24, 2.45) is 5.92 Å². The minimum absolute atomic E-state index is 0.0645. The van der Waals surface area contributed by atoms with Crippen molar-refractivity contribution < 1.29 is 9.53 Å². The summed E-state index contributed by atoms with van der Waals surface area (Å²) in [5, 5.41) is 3.85. The molecule has 1 aliphatic rings. The van der Waals surface area contributed by atoms with E-state index in [1.807, 2.05) is 10.8 Å². The van der Waals surface area contributed by atoms with Crippen molar-refractivity contribution in [3.63, 3.8) is 0 Å². The van der Waals surface area contributed by atoms with Gasteiger partial charge in [0.05, 0.1) is 6.61 Å². The van der Waals surface area contributed by atoms with Crippen LogP contribution in [0.2, 0.25) is 0 Å². The van der Waals surface area contributed by atoms with E-state index in [-0.39, 0.29) is 11.7 Å². The van der Waals surface area contributed by atoms with E-state index in [0.717, 1.165) is 29.5 Å². The molecule has 2 heterocycles. The normalized spacial score (nSPS) is 22.2. The smallest absolute Gasteiger partial charge is 0.170 e. The van der Waals surface area contributed by atoms with Gasteiger partial charge in [0.25, 0.3) is 0 Å². The summed E-state index contributed by atoms with van der Waals surface area (Å²) in [4.78, 5) is 12.0. The first-order valence-electron chi connectivity index (χ1n) is 4.62. The molecule has 1 fully saturated rings. The predicted octanol–water partition coefficient (Wildman–Crippen LogP) is 3.12. The third-order valence-corrected chi connectivity index (χ3v) is 4.11. The van der Waals surface area contributed by atoms with Crippen molar-refractivity contribution in [2.45, 2.75) is 12.8 Å². The van der Waals surface area contributed by atoms with Crippen molar-refractivity contribution >= 4 is 33.0 Å². The highest BCUT2D eigenvalue weighted by Crippen LogP contribution is 2.26.